The molecule has 4 rings (SSSR count). The third-order valence-electron chi connectivity index (χ3n) is 4.60. The standard InChI is InChI=1S/C21H20N4O/c1-14-6-5-8-18(10-14)24-20(26)17-12-22-21(23-13-17)25-15(2)11-16-7-3-4-9-19(16)25/h3-10,12-13,15H,11H2,1-2H3,(H,24,26). The highest BCUT2D eigenvalue weighted by molar-refractivity contribution is 6.03. The fourth-order valence-corrected chi connectivity index (χ4v) is 3.36. The van der Waals surface area contributed by atoms with E-state index in [0.717, 1.165) is 23.4 Å². The molecule has 26 heavy (non-hydrogen) atoms. The van der Waals surface area contributed by atoms with Gasteiger partial charge in [-0.15, -0.1) is 0 Å². The van der Waals surface area contributed by atoms with Gasteiger partial charge in [0.05, 0.1) is 5.56 Å². The van der Waals surface area contributed by atoms with Crippen LogP contribution in [0.15, 0.2) is 60.9 Å². The Bertz CT molecular complexity index is 952. The van der Waals surface area contributed by atoms with Crippen LogP contribution in [0, 0.1) is 6.92 Å². The normalized spacial score (nSPS) is 15.6. The first-order valence-electron chi connectivity index (χ1n) is 8.69. The summed E-state index contributed by atoms with van der Waals surface area (Å²) in [4.78, 5) is 23.4. The lowest BCUT2D eigenvalue weighted by atomic mass is 10.1. The number of carbonyl (C=O) groups is 1. The highest BCUT2D eigenvalue weighted by atomic mass is 16.1. The van der Waals surface area contributed by atoms with Crippen LogP contribution >= 0.6 is 0 Å². The van der Waals surface area contributed by atoms with E-state index in [9.17, 15) is 4.79 Å². The van der Waals surface area contributed by atoms with Crippen LogP contribution in [0.5, 0.6) is 0 Å². The van der Waals surface area contributed by atoms with E-state index in [-0.39, 0.29) is 5.91 Å². The summed E-state index contributed by atoms with van der Waals surface area (Å²) in [6.45, 7) is 4.14. The molecule has 2 heterocycles. The maximum Gasteiger partial charge on any atom is 0.258 e. The maximum absolute atomic E-state index is 12.4. The van der Waals surface area contributed by atoms with E-state index in [1.165, 1.54) is 5.56 Å². The number of amides is 1. The van der Waals surface area contributed by atoms with E-state index >= 15 is 0 Å². The second-order valence-corrected chi connectivity index (χ2v) is 6.65. The number of hydrogen-bond acceptors (Lipinski definition) is 4. The van der Waals surface area contributed by atoms with Gasteiger partial charge < -0.3 is 10.2 Å². The minimum absolute atomic E-state index is 0.211. The smallest absolute Gasteiger partial charge is 0.258 e. The van der Waals surface area contributed by atoms with Gasteiger partial charge in [-0.3, -0.25) is 4.79 Å². The highest BCUT2D eigenvalue weighted by Gasteiger charge is 2.28. The van der Waals surface area contributed by atoms with Gasteiger partial charge in [0.2, 0.25) is 5.95 Å². The van der Waals surface area contributed by atoms with Crippen molar-refractivity contribution >= 4 is 23.2 Å². The number of anilines is 3. The number of hydrogen-bond donors (Lipinski definition) is 1. The Balaban J connectivity index is 1.55. The molecule has 5 heteroatoms. The summed E-state index contributed by atoms with van der Waals surface area (Å²) in [5.41, 5.74) is 4.73. The fourth-order valence-electron chi connectivity index (χ4n) is 3.36. The number of carbonyl (C=O) groups excluding carboxylic acids is 1. The molecule has 1 unspecified atom stereocenters. The first kappa shape index (κ1) is 16.3. The van der Waals surface area contributed by atoms with Crippen LogP contribution in [0.3, 0.4) is 0 Å². The molecule has 3 aromatic rings. The van der Waals surface area contributed by atoms with E-state index in [1.807, 2.05) is 37.3 Å². The summed E-state index contributed by atoms with van der Waals surface area (Å²) in [7, 11) is 0. The third-order valence-corrected chi connectivity index (χ3v) is 4.60. The van der Waals surface area contributed by atoms with Crippen LogP contribution in [-0.4, -0.2) is 21.9 Å². The third kappa shape index (κ3) is 3.04. The summed E-state index contributed by atoms with van der Waals surface area (Å²) in [6, 6.07) is 16.3. The Labute approximate surface area is 152 Å². The quantitative estimate of drug-likeness (QED) is 0.776. The van der Waals surface area contributed by atoms with Crippen LogP contribution in [0.1, 0.15) is 28.4 Å². The number of para-hydroxylation sites is 1. The van der Waals surface area contributed by atoms with Crippen molar-refractivity contribution in [2.75, 3.05) is 10.2 Å². The highest BCUT2D eigenvalue weighted by Crippen LogP contribution is 2.36. The fraction of sp³-hybridized carbons (Fsp3) is 0.190. The number of nitrogens with one attached hydrogen (secondary N) is 1. The maximum atomic E-state index is 12.4. The predicted molar refractivity (Wildman–Crippen MR) is 103 cm³/mol. The van der Waals surface area contributed by atoms with Crippen molar-refractivity contribution in [2.24, 2.45) is 0 Å². The molecule has 0 spiro atoms. The molecule has 0 saturated carbocycles. The summed E-state index contributed by atoms with van der Waals surface area (Å²) in [5.74, 6) is 0.409. The molecule has 0 aliphatic carbocycles. The molecule has 1 amide bonds. The summed E-state index contributed by atoms with van der Waals surface area (Å²) < 4.78 is 0. The van der Waals surface area contributed by atoms with Gasteiger partial charge in [-0.1, -0.05) is 30.3 Å². The molecular weight excluding hydrogens is 324 g/mol. The van der Waals surface area contributed by atoms with Gasteiger partial charge in [0.25, 0.3) is 5.91 Å². The Morgan fingerprint density at radius 2 is 1.88 bits per heavy atom. The Morgan fingerprint density at radius 3 is 2.65 bits per heavy atom. The molecule has 1 aliphatic heterocycles. The number of aromatic nitrogens is 2. The van der Waals surface area contributed by atoms with Crippen molar-refractivity contribution in [3.8, 4) is 0 Å². The second-order valence-electron chi connectivity index (χ2n) is 6.65. The first-order valence-corrected chi connectivity index (χ1v) is 8.69. The van der Waals surface area contributed by atoms with Crippen molar-refractivity contribution in [1.82, 2.24) is 9.97 Å². The lowest BCUT2D eigenvalue weighted by molar-refractivity contribution is 0.102. The predicted octanol–water partition coefficient (Wildman–Crippen LogP) is 4.12. The van der Waals surface area contributed by atoms with Crippen molar-refractivity contribution in [3.05, 3.63) is 77.6 Å². The number of rotatable bonds is 3. The summed E-state index contributed by atoms with van der Waals surface area (Å²) >= 11 is 0. The summed E-state index contributed by atoms with van der Waals surface area (Å²) in [5, 5.41) is 2.88. The van der Waals surface area contributed by atoms with E-state index < -0.39 is 0 Å². The molecule has 0 radical (unpaired) electrons. The first-order chi connectivity index (χ1) is 12.6. The largest absolute Gasteiger partial charge is 0.322 e. The Hall–Kier alpha value is -3.21. The Kier molecular flexibility index (Phi) is 4.13. The van der Waals surface area contributed by atoms with Gasteiger partial charge in [0, 0.05) is 29.8 Å². The van der Waals surface area contributed by atoms with E-state index in [0.29, 0.717) is 17.6 Å². The summed E-state index contributed by atoms with van der Waals surface area (Å²) in [6.07, 6.45) is 4.14. The zero-order valence-corrected chi connectivity index (χ0v) is 14.8. The van der Waals surface area contributed by atoms with Crippen LogP contribution < -0.4 is 10.2 Å². The lowest BCUT2D eigenvalue weighted by Crippen LogP contribution is -2.26. The van der Waals surface area contributed by atoms with Gasteiger partial charge >= 0.3 is 0 Å². The molecule has 1 atom stereocenters. The number of nitrogens with zero attached hydrogens (tertiary/aromatic N) is 3. The monoisotopic (exact) mass is 344 g/mol. The van der Waals surface area contributed by atoms with Gasteiger partial charge in [0.1, 0.15) is 0 Å². The molecule has 1 aromatic heterocycles. The van der Waals surface area contributed by atoms with E-state index in [4.69, 9.17) is 0 Å². The van der Waals surface area contributed by atoms with Crippen LogP contribution in [0.2, 0.25) is 0 Å². The van der Waals surface area contributed by atoms with Crippen molar-refractivity contribution in [1.29, 1.82) is 0 Å². The Morgan fingerprint density at radius 1 is 1.12 bits per heavy atom. The van der Waals surface area contributed by atoms with Crippen LogP contribution in [0.4, 0.5) is 17.3 Å². The molecular formula is C21H20N4O. The van der Waals surface area contributed by atoms with Gasteiger partial charge in [-0.25, -0.2) is 9.97 Å². The minimum atomic E-state index is -0.211. The van der Waals surface area contributed by atoms with Gasteiger partial charge in [-0.2, -0.15) is 0 Å². The van der Waals surface area contributed by atoms with E-state index in [2.05, 4.69) is 45.3 Å². The van der Waals surface area contributed by atoms with Crippen molar-refractivity contribution in [2.45, 2.75) is 26.3 Å². The number of aryl methyl sites for hydroxylation is 1. The molecule has 130 valence electrons. The minimum Gasteiger partial charge on any atom is -0.322 e. The zero-order valence-electron chi connectivity index (χ0n) is 14.8. The molecule has 5 nitrogen and oxygen atoms in total. The average Bonchev–Trinajstić information content (AvgIpc) is 2.97. The SMILES string of the molecule is Cc1cccc(NC(=O)c2cnc(N3c4ccccc4CC3C)nc2)c1. The zero-order chi connectivity index (χ0) is 18.1. The van der Waals surface area contributed by atoms with Crippen molar-refractivity contribution < 1.29 is 4.79 Å². The molecule has 2 aromatic carbocycles. The molecule has 0 saturated heterocycles. The molecule has 1 aliphatic rings. The number of benzene rings is 2. The topological polar surface area (TPSA) is 58.1 Å². The molecule has 0 fully saturated rings. The number of fused-ring (bicyclic) bond motifs is 1. The van der Waals surface area contributed by atoms with Gasteiger partial charge in [-0.05, 0) is 49.6 Å². The molecule has 0 bridgehead atoms. The average molecular weight is 344 g/mol. The van der Waals surface area contributed by atoms with E-state index in [1.54, 1.807) is 12.4 Å². The molecule has 1 N–H and O–H groups in total. The van der Waals surface area contributed by atoms with Crippen LogP contribution in [0.25, 0.3) is 0 Å². The van der Waals surface area contributed by atoms with Crippen molar-refractivity contribution in [3.63, 3.8) is 0 Å². The van der Waals surface area contributed by atoms with Gasteiger partial charge in [0.15, 0.2) is 0 Å². The lowest BCUT2D eigenvalue weighted by Gasteiger charge is -2.22. The van der Waals surface area contributed by atoms with Crippen LogP contribution in [-0.2, 0) is 6.42 Å². The second kappa shape index (κ2) is 6.59.